The third-order valence-electron chi connectivity index (χ3n) is 4.35. The smallest absolute Gasteiger partial charge is 0.00132 e. The van der Waals surface area contributed by atoms with Crippen molar-refractivity contribution in [2.45, 2.75) is 20.3 Å². The van der Waals surface area contributed by atoms with Crippen LogP contribution in [0.15, 0.2) is 60.7 Å². The molecule has 4 rings (SSSR count). The van der Waals surface area contributed by atoms with Crippen molar-refractivity contribution in [2.24, 2.45) is 0 Å². The number of hydrogen-bond acceptors (Lipinski definition) is 0. The standard InChI is InChI=1S/C21H18/c1-14-10-15(2)12-18(11-14)20-9-5-7-17-13-16-6-3-4-8-19(16)21(17)20/h3-12H,13H2,1-2H3. The number of fused-ring (bicyclic) bond motifs is 3. The summed E-state index contributed by atoms with van der Waals surface area (Å²) in [5.74, 6) is 0. The summed E-state index contributed by atoms with van der Waals surface area (Å²) in [6, 6.07) is 22.3. The number of aryl methyl sites for hydroxylation is 2. The molecule has 3 aromatic rings. The molecule has 0 nitrogen and oxygen atoms in total. The van der Waals surface area contributed by atoms with Gasteiger partial charge >= 0.3 is 0 Å². The number of hydrogen-bond donors (Lipinski definition) is 0. The van der Waals surface area contributed by atoms with Crippen LogP contribution in [0.3, 0.4) is 0 Å². The SMILES string of the molecule is Cc1cc(C)cc(-c2cccc3c2-c2ccccc2C3)c1. The van der Waals surface area contributed by atoms with Gasteiger partial charge in [-0.2, -0.15) is 0 Å². The van der Waals surface area contributed by atoms with Crippen LogP contribution in [0.1, 0.15) is 22.3 Å². The van der Waals surface area contributed by atoms with Crippen molar-refractivity contribution >= 4 is 0 Å². The van der Waals surface area contributed by atoms with Crippen molar-refractivity contribution in [3.63, 3.8) is 0 Å². The van der Waals surface area contributed by atoms with Gasteiger partial charge in [0, 0.05) is 0 Å². The van der Waals surface area contributed by atoms with Crippen molar-refractivity contribution in [3.05, 3.63) is 82.9 Å². The van der Waals surface area contributed by atoms with E-state index < -0.39 is 0 Å². The second-order valence-electron chi connectivity index (χ2n) is 6.05. The van der Waals surface area contributed by atoms with E-state index in [0.29, 0.717) is 0 Å². The predicted octanol–water partition coefficient (Wildman–Crippen LogP) is 5.54. The van der Waals surface area contributed by atoms with E-state index in [2.05, 4.69) is 74.5 Å². The van der Waals surface area contributed by atoms with Gasteiger partial charge in [-0.3, -0.25) is 0 Å². The lowest BCUT2D eigenvalue weighted by Crippen LogP contribution is -1.88. The predicted molar refractivity (Wildman–Crippen MR) is 89.6 cm³/mol. The second kappa shape index (κ2) is 4.60. The maximum Gasteiger partial charge on any atom is -0.00132 e. The summed E-state index contributed by atoms with van der Waals surface area (Å²) < 4.78 is 0. The van der Waals surface area contributed by atoms with Crippen LogP contribution in [-0.2, 0) is 6.42 Å². The van der Waals surface area contributed by atoms with E-state index in [1.54, 1.807) is 0 Å². The molecule has 0 bridgehead atoms. The largest absolute Gasteiger partial charge is 0.0619 e. The first kappa shape index (κ1) is 12.4. The van der Waals surface area contributed by atoms with Gasteiger partial charge in [0.1, 0.15) is 0 Å². The highest BCUT2D eigenvalue weighted by Gasteiger charge is 2.21. The van der Waals surface area contributed by atoms with Gasteiger partial charge in [0.15, 0.2) is 0 Å². The average molecular weight is 270 g/mol. The zero-order valence-electron chi connectivity index (χ0n) is 12.5. The van der Waals surface area contributed by atoms with Gasteiger partial charge in [0.05, 0.1) is 0 Å². The molecule has 0 aromatic heterocycles. The van der Waals surface area contributed by atoms with Crippen LogP contribution in [0.25, 0.3) is 22.3 Å². The molecule has 1 aliphatic rings. The molecule has 0 heterocycles. The first-order chi connectivity index (χ1) is 10.2. The van der Waals surface area contributed by atoms with Gasteiger partial charge in [0.25, 0.3) is 0 Å². The molecule has 0 saturated heterocycles. The third kappa shape index (κ3) is 1.99. The second-order valence-corrected chi connectivity index (χ2v) is 6.05. The molecule has 0 atom stereocenters. The van der Waals surface area contributed by atoms with E-state index in [1.165, 1.54) is 44.5 Å². The Morgan fingerprint density at radius 3 is 2.14 bits per heavy atom. The van der Waals surface area contributed by atoms with Crippen LogP contribution in [0.4, 0.5) is 0 Å². The Balaban J connectivity index is 2.00. The topological polar surface area (TPSA) is 0 Å². The first-order valence-electron chi connectivity index (χ1n) is 7.51. The summed E-state index contributed by atoms with van der Waals surface area (Å²) >= 11 is 0. The fraction of sp³-hybridized carbons (Fsp3) is 0.143. The summed E-state index contributed by atoms with van der Waals surface area (Å²) in [5, 5.41) is 0. The van der Waals surface area contributed by atoms with Gasteiger partial charge in [0.2, 0.25) is 0 Å². The Kier molecular flexibility index (Phi) is 2.71. The van der Waals surface area contributed by atoms with Crippen LogP contribution in [0.5, 0.6) is 0 Å². The van der Waals surface area contributed by atoms with E-state index in [1.807, 2.05) is 0 Å². The van der Waals surface area contributed by atoms with Crippen LogP contribution in [-0.4, -0.2) is 0 Å². The van der Waals surface area contributed by atoms with Gasteiger partial charge in [-0.05, 0) is 53.6 Å². The molecule has 0 amide bonds. The maximum absolute atomic E-state index is 2.30. The summed E-state index contributed by atoms with van der Waals surface area (Å²) in [6.07, 6.45) is 1.06. The Labute approximate surface area is 126 Å². The molecule has 3 aromatic carbocycles. The van der Waals surface area contributed by atoms with E-state index in [0.717, 1.165) is 6.42 Å². The zero-order valence-corrected chi connectivity index (χ0v) is 12.5. The quantitative estimate of drug-likeness (QED) is 0.426. The van der Waals surface area contributed by atoms with Crippen LogP contribution < -0.4 is 0 Å². The van der Waals surface area contributed by atoms with E-state index in [-0.39, 0.29) is 0 Å². The van der Waals surface area contributed by atoms with Crippen molar-refractivity contribution in [1.82, 2.24) is 0 Å². The van der Waals surface area contributed by atoms with E-state index in [4.69, 9.17) is 0 Å². The minimum absolute atomic E-state index is 1.06. The molecule has 102 valence electrons. The Hall–Kier alpha value is -2.34. The number of rotatable bonds is 1. The van der Waals surface area contributed by atoms with Crippen molar-refractivity contribution in [1.29, 1.82) is 0 Å². The highest BCUT2D eigenvalue weighted by molar-refractivity contribution is 5.90. The fourth-order valence-corrected chi connectivity index (χ4v) is 3.56. The molecule has 0 N–H and O–H groups in total. The maximum atomic E-state index is 2.30. The average Bonchev–Trinajstić information content (AvgIpc) is 2.84. The van der Waals surface area contributed by atoms with Crippen LogP contribution >= 0.6 is 0 Å². The summed E-state index contributed by atoms with van der Waals surface area (Å²) in [5.41, 5.74) is 11.1. The molecule has 1 aliphatic carbocycles. The summed E-state index contributed by atoms with van der Waals surface area (Å²) in [6.45, 7) is 4.35. The Morgan fingerprint density at radius 1 is 0.667 bits per heavy atom. The molecule has 21 heavy (non-hydrogen) atoms. The molecule has 0 radical (unpaired) electrons. The molecule has 0 heteroatoms. The highest BCUT2D eigenvalue weighted by atomic mass is 14.2. The van der Waals surface area contributed by atoms with E-state index >= 15 is 0 Å². The number of benzene rings is 3. The van der Waals surface area contributed by atoms with E-state index in [9.17, 15) is 0 Å². The van der Waals surface area contributed by atoms with Gasteiger partial charge in [-0.1, -0.05) is 71.8 Å². The van der Waals surface area contributed by atoms with Gasteiger partial charge < -0.3 is 0 Å². The van der Waals surface area contributed by atoms with Gasteiger partial charge in [-0.15, -0.1) is 0 Å². The van der Waals surface area contributed by atoms with Crippen molar-refractivity contribution < 1.29 is 0 Å². The minimum Gasteiger partial charge on any atom is -0.0619 e. The molecule has 0 aliphatic heterocycles. The summed E-state index contributed by atoms with van der Waals surface area (Å²) in [7, 11) is 0. The molecule has 0 unspecified atom stereocenters. The summed E-state index contributed by atoms with van der Waals surface area (Å²) in [4.78, 5) is 0. The molecule has 0 spiro atoms. The van der Waals surface area contributed by atoms with Gasteiger partial charge in [-0.25, -0.2) is 0 Å². The minimum atomic E-state index is 1.06. The normalized spacial score (nSPS) is 12.1. The monoisotopic (exact) mass is 270 g/mol. The molecular formula is C21H18. The molecule has 0 saturated carbocycles. The molecular weight excluding hydrogens is 252 g/mol. The molecule has 0 fully saturated rings. The van der Waals surface area contributed by atoms with Crippen molar-refractivity contribution in [3.8, 4) is 22.3 Å². The lowest BCUT2D eigenvalue weighted by Gasteiger charge is -2.11. The Morgan fingerprint density at radius 2 is 1.33 bits per heavy atom. The zero-order chi connectivity index (χ0) is 14.4. The fourth-order valence-electron chi connectivity index (χ4n) is 3.56. The lowest BCUT2D eigenvalue weighted by atomic mass is 9.92. The van der Waals surface area contributed by atoms with Crippen LogP contribution in [0, 0.1) is 13.8 Å². The highest BCUT2D eigenvalue weighted by Crippen LogP contribution is 2.42. The first-order valence-corrected chi connectivity index (χ1v) is 7.51. The Bertz CT molecular complexity index is 820. The van der Waals surface area contributed by atoms with Crippen LogP contribution in [0.2, 0.25) is 0 Å². The lowest BCUT2D eigenvalue weighted by molar-refractivity contribution is 1.26. The van der Waals surface area contributed by atoms with Crippen molar-refractivity contribution in [2.75, 3.05) is 0 Å². The third-order valence-corrected chi connectivity index (χ3v) is 4.35.